The Morgan fingerprint density at radius 3 is 2.17 bits per heavy atom. The second kappa shape index (κ2) is 2.66. The summed E-state index contributed by atoms with van der Waals surface area (Å²) >= 11 is 0. The summed E-state index contributed by atoms with van der Waals surface area (Å²) < 4.78 is 0. The fourth-order valence-corrected chi connectivity index (χ4v) is 0.156. The van der Waals surface area contributed by atoms with Crippen LogP contribution in [0.15, 0.2) is 0 Å². The molecule has 0 radical (unpaired) electrons. The van der Waals surface area contributed by atoms with E-state index in [9.17, 15) is 0 Å². The van der Waals surface area contributed by atoms with Gasteiger partial charge >= 0.3 is 0 Å². The Bertz CT molecular complexity index is 50.0. The highest BCUT2D eigenvalue weighted by atomic mass is 14.7. The maximum atomic E-state index is 6.59. The normalized spacial score (nSPS) is 8.17. The first-order chi connectivity index (χ1) is 2.77. The number of nitrogens with two attached hydrogens (primary N) is 2. The lowest BCUT2D eigenvalue weighted by Gasteiger charge is -1.86. The lowest BCUT2D eigenvalue weighted by Crippen LogP contribution is -2.14. The SMILES string of the molecule is N=C(N)CCN. The van der Waals surface area contributed by atoms with Crippen molar-refractivity contribution in [2.24, 2.45) is 11.5 Å². The monoisotopic (exact) mass is 87.1 g/mol. The van der Waals surface area contributed by atoms with Crippen LogP contribution in [0.3, 0.4) is 0 Å². The highest BCUT2D eigenvalue weighted by molar-refractivity contribution is 5.76. The Balaban J connectivity index is 2.83. The van der Waals surface area contributed by atoms with E-state index in [1.54, 1.807) is 0 Å². The first-order valence-electron chi connectivity index (χ1n) is 1.80. The zero-order chi connectivity index (χ0) is 4.99. The summed E-state index contributed by atoms with van der Waals surface area (Å²) in [6, 6.07) is 0. The van der Waals surface area contributed by atoms with Crippen molar-refractivity contribution in [2.75, 3.05) is 6.54 Å². The Kier molecular flexibility index (Phi) is 2.40. The predicted molar refractivity (Wildman–Crippen MR) is 25.6 cm³/mol. The molecule has 0 heterocycles. The van der Waals surface area contributed by atoms with Crippen molar-refractivity contribution in [1.29, 1.82) is 5.41 Å². The van der Waals surface area contributed by atoms with Gasteiger partial charge in [-0.2, -0.15) is 0 Å². The Morgan fingerprint density at radius 2 is 2.17 bits per heavy atom. The average Bonchev–Trinajstić information content (AvgIpc) is 1.35. The second-order valence-electron chi connectivity index (χ2n) is 1.06. The van der Waals surface area contributed by atoms with Gasteiger partial charge in [-0.1, -0.05) is 0 Å². The summed E-state index contributed by atoms with van der Waals surface area (Å²) in [4.78, 5) is 0. The van der Waals surface area contributed by atoms with Crippen molar-refractivity contribution in [3.8, 4) is 0 Å². The molecule has 0 atom stereocenters. The third kappa shape index (κ3) is 3.43. The van der Waals surface area contributed by atoms with Gasteiger partial charge in [-0.3, -0.25) is 5.41 Å². The van der Waals surface area contributed by atoms with Gasteiger partial charge in [-0.15, -0.1) is 0 Å². The lowest BCUT2D eigenvalue weighted by molar-refractivity contribution is 1.02. The Labute approximate surface area is 36.8 Å². The fourth-order valence-electron chi connectivity index (χ4n) is 0.156. The molecule has 3 heteroatoms. The van der Waals surface area contributed by atoms with Crippen LogP contribution in [0.1, 0.15) is 6.42 Å². The molecule has 0 aromatic carbocycles. The minimum Gasteiger partial charge on any atom is -0.388 e. The summed E-state index contributed by atoms with van der Waals surface area (Å²) in [5.41, 5.74) is 9.91. The van der Waals surface area contributed by atoms with Crippen molar-refractivity contribution >= 4 is 5.84 Å². The second-order valence-corrected chi connectivity index (χ2v) is 1.06. The molecule has 36 valence electrons. The molecule has 0 aliphatic carbocycles. The van der Waals surface area contributed by atoms with E-state index >= 15 is 0 Å². The van der Waals surface area contributed by atoms with Crippen molar-refractivity contribution in [3.63, 3.8) is 0 Å². The molecule has 0 aliphatic heterocycles. The summed E-state index contributed by atoms with van der Waals surface area (Å²) in [7, 11) is 0. The minimum absolute atomic E-state index is 0.164. The molecule has 0 fully saturated rings. The van der Waals surface area contributed by atoms with E-state index < -0.39 is 0 Å². The van der Waals surface area contributed by atoms with E-state index in [-0.39, 0.29) is 5.84 Å². The number of rotatable bonds is 2. The number of nitrogens with one attached hydrogen (secondary N) is 1. The largest absolute Gasteiger partial charge is 0.388 e. The quantitative estimate of drug-likeness (QED) is 0.307. The van der Waals surface area contributed by atoms with Gasteiger partial charge in [0.05, 0.1) is 5.84 Å². The molecular formula is C3H9N3. The molecule has 0 amide bonds. The van der Waals surface area contributed by atoms with Crippen molar-refractivity contribution in [1.82, 2.24) is 0 Å². The van der Waals surface area contributed by atoms with E-state index in [1.807, 2.05) is 0 Å². The molecule has 5 N–H and O–H groups in total. The molecule has 0 bridgehead atoms. The van der Waals surface area contributed by atoms with Crippen molar-refractivity contribution < 1.29 is 0 Å². The van der Waals surface area contributed by atoms with E-state index in [2.05, 4.69) is 0 Å². The van der Waals surface area contributed by atoms with Gasteiger partial charge in [-0.05, 0) is 6.54 Å². The zero-order valence-corrected chi connectivity index (χ0v) is 3.57. The van der Waals surface area contributed by atoms with Gasteiger partial charge in [0.1, 0.15) is 0 Å². The van der Waals surface area contributed by atoms with Crippen LogP contribution in [0, 0.1) is 5.41 Å². The Hall–Kier alpha value is -0.570. The summed E-state index contributed by atoms with van der Waals surface area (Å²) in [5, 5.41) is 6.59. The minimum atomic E-state index is 0.164. The molecule has 0 aromatic rings. The molecule has 3 nitrogen and oxygen atoms in total. The molecular weight excluding hydrogens is 78.1 g/mol. The summed E-state index contributed by atoms with van der Waals surface area (Å²) in [6.07, 6.45) is 0.514. The number of hydrogen-bond donors (Lipinski definition) is 3. The smallest absolute Gasteiger partial charge is 0.0918 e. The zero-order valence-electron chi connectivity index (χ0n) is 3.57. The first kappa shape index (κ1) is 5.43. The van der Waals surface area contributed by atoms with Gasteiger partial charge < -0.3 is 11.5 Å². The van der Waals surface area contributed by atoms with Crippen LogP contribution in [0.25, 0.3) is 0 Å². The summed E-state index contributed by atoms with van der Waals surface area (Å²) in [5.74, 6) is 0.164. The molecule has 6 heavy (non-hydrogen) atoms. The number of amidine groups is 1. The molecule has 0 aromatic heterocycles. The van der Waals surface area contributed by atoms with Crippen LogP contribution in [0.5, 0.6) is 0 Å². The van der Waals surface area contributed by atoms with Crippen LogP contribution in [-0.2, 0) is 0 Å². The Morgan fingerprint density at radius 1 is 1.67 bits per heavy atom. The van der Waals surface area contributed by atoms with Crippen LogP contribution < -0.4 is 11.5 Å². The van der Waals surface area contributed by atoms with Crippen LogP contribution >= 0.6 is 0 Å². The van der Waals surface area contributed by atoms with E-state index in [4.69, 9.17) is 16.9 Å². The van der Waals surface area contributed by atoms with Gasteiger partial charge in [0.15, 0.2) is 0 Å². The van der Waals surface area contributed by atoms with Crippen LogP contribution in [0.2, 0.25) is 0 Å². The lowest BCUT2D eigenvalue weighted by atomic mass is 10.4. The summed E-state index contributed by atoms with van der Waals surface area (Å²) in [6.45, 7) is 0.481. The van der Waals surface area contributed by atoms with Crippen molar-refractivity contribution in [3.05, 3.63) is 0 Å². The van der Waals surface area contributed by atoms with Crippen LogP contribution in [-0.4, -0.2) is 12.4 Å². The van der Waals surface area contributed by atoms with E-state index in [0.29, 0.717) is 13.0 Å². The molecule has 0 rings (SSSR count). The standard InChI is InChI=1S/C3H9N3/c4-2-1-3(5)6/h1-2,4H2,(H3,5,6). The van der Waals surface area contributed by atoms with Gasteiger partial charge in [-0.25, -0.2) is 0 Å². The first-order valence-corrected chi connectivity index (χ1v) is 1.80. The van der Waals surface area contributed by atoms with Gasteiger partial charge in [0.25, 0.3) is 0 Å². The topological polar surface area (TPSA) is 75.9 Å². The maximum absolute atomic E-state index is 6.59. The van der Waals surface area contributed by atoms with E-state index in [0.717, 1.165) is 0 Å². The van der Waals surface area contributed by atoms with Gasteiger partial charge in [0.2, 0.25) is 0 Å². The van der Waals surface area contributed by atoms with Crippen LogP contribution in [0.4, 0.5) is 0 Å². The molecule has 0 unspecified atom stereocenters. The van der Waals surface area contributed by atoms with Crippen molar-refractivity contribution in [2.45, 2.75) is 6.42 Å². The van der Waals surface area contributed by atoms with E-state index in [1.165, 1.54) is 0 Å². The average molecular weight is 87.1 g/mol. The molecule has 0 saturated heterocycles. The predicted octanol–water partition coefficient (Wildman–Crippen LogP) is -0.729. The maximum Gasteiger partial charge on any atom is 0.0918 e. The molecule has 0 aliphatic rings. The third-order valence-electron chi connectivity index (χ3n) is 0.414. The van der Waals surface area contributed by atoms with Gasteiger partial charge in [0, 0.05) is 6.42 Å². The number of hydrogen-bond acceptors (Lipinski definition) is 2. The third-order valence-corrected chi connectivity index (χ3v) is 0.414. The highest BCUT2D eigenvalue weighted by Crippen LogP contribution is 1.64. The molecule has 0 saturated carbocycles. The molecule has 0 spiro atoms. The highest BCUT2D eigenvalue weighted by Gasteiger charge is 1.79. The fraction of sp³-hybridized carbons (Fsp3) is 0.667.